The van der Waals surface area contributed by atoms with Crippen LogP contribution < -0.4 is 5.32 Å². The number of anilines is 1. The molecule has 1 N–H and O–H groups in total. The quantitative estimate of drug-likeness (QED) is 0.875. The molecule has 0 bridgehead atoms. The summed E-state index contributed by atoms with van der Waals surface area (Å²) in [6.45, 7) is 5.52. The van der Waals surface area contributed by atoms with E-state index in [1.807, 2.05) is 29.2 Å². The number of nitrogens with zero attached hydrogens (tertiary/aromatic N) is 1. The lowest BCUT2D eigenvalue weighted by molar-refractivity contribution is -0.128. The first-order valence-corrected chi connectivity index (χ1v) is 7.81. The van der Waals surface area contributed by atoms with E-state index >= 15 is 0 Å². The molecule has 0 unspecified atom stereocenters. The van der Waals surface area contributed by atoms with E-state index in [2.05, 4.69) is 19.2 Å². The minimum atomic E-state index is -0.222. The molecule has 21 heavy (non-hydrogen) atoms. The van der Waals surface area contributed by atoms with E-state index in [0.29, 0.717) is 13.0 Å². The normalized spacial score (nSPS) is 18.1. The minimum absolute atomic E-state index is 0.0494. The summed E-state index contributed by atoms with van der Waals surface area (Å²) in [5.41, 5.74) is 2.05. The van der Waals surface area contributed by atoms with E-state index in [-0.39, 0.29) is 17.7 Å². The van der Waals surface area contributed by atoms with Gasteiger partial charge in [-0.3, -0.25) is 9.59 Å². The van der Waals surface area contributed by atoms with Crippen molar-refractivity contribution in [2.45, 2.75) is 39.5 Å². The highest BCUT2D eigenvalue weighted by molar-refractivity contribution is 5.97. The zero-order chi connectivity index (χ0) is 15.2. The molecule has 0 radical (unpaired) electrons. The highest BCUT2D eigenvalue weighted by Gasteiger charge is 2.33. The minimum Gasteiger partial charge on any atom is -0.342 e. The molecule has 4 nitrogen and oxygen atoms in total. The molecule has 0 spiro atoms. The highest BCUT2D eigenvalue weighted by Crippen LogP contribution is 2.20. The molecule has 0 aromatic heterocycles. The standard InChI is InChI=1S/C17H24N2O2/c1-3-5-10-19-12-14(11-16(19)20)17(21)18-15-8-6-13(4-2)7-9-15/h6-9,14H,3-5,10-12H2,1-2H3,(H,18,21)/t14-/m0/s1. The van der Waals surface area contributed by atoms with Gasteiger partial charge in [0.25, 0.3) is 0 Å². The number of carbonyl (C=O) groups is 2. The van der Waals surface area contributed by atoms with Crippen LogP contribution in [0.25, 0.3) is 0 Å². The number of amides is 2. The van der Waals surface area contributed by atoms with Crippen molar-refractivity contribution in [3.8, 4) is 0 Å². The van der Waals surface area contributed by atoms with E-state index in [0.717, 1.165) is 31.5 Å². The van der Waals surface area contributed by atoms with Crippen LogP contribution in [0.5, 0.6) is 0 Å². The summed E-state index contributed by atoms with van der Waals surface area (Å²) in [4.78, 5) is 25.9. The summed E-state index contributed by atoms with van der Waals surface area (Å²) in [5.74, 6) is -0.170. The highest BCUT2D eigenvalue weighted by atomic mass is 16.2. The van der Waals surface area contributed by atoms with Crippen molar-refractivity contribution < 1.29 is 9.59 Å². The molecule has 4 heteroatoms. The number of aryl methyl sites for hydroxylation is 1. The Balaban J connectivity index is 1.90. The zero-order valence-corrected chi connectivity index (χ0v) is 12.9. The predicted molar refractivity (Wildman–Crippen MR) is 84.0 cm³/mol. The number of likely N-dealkylation sites (tertiary alicyclic amines) is 1. The maximum Gasteiger partial charge on any atom is 0.229 e. The maximum atomic E-state index is 12.2. The summed E-state index contributed by atoms with van der Waals surface area (Å²) in [5, 5.41) is 2.91. The third-order valence-corrected chi connectivity index (χ3v) is 4.00. The van der Waals surface area contributed by atoms with Gasteiger partial charge in [-0.15, -0.1) is 0 Å². The summed E-state index contributed by atoms with van der Waals surface area (Å²) < 4.78 is 0. The van der Waals surface area contributed by atoms with Crippen molar-refractivity contribution >= 4 is 17.5 Å². The largest absolute Gasteiger partial charge is 0.342 e. The third-order valence-electron chi connectivity index (χ3n) is 4.00. The molecular weight excluding hydrogens is 264 g/mol. The molecule has 2 amide bonds. The predicted octanol–water partition coefficient (Wildman–Crippen LogP) is 2.84. The molecule has 1 fully saturated rings. The van der Waals surface area contributed by atoms with Gasteiger partial charge in [-0.05, 0) is 30.5 Å². The molecular formula is C17H24N2O2. The molecule has 1 aliphatic rings. The zero-order valence-electron chi connectivity index (χ0n) is 12.9. The van der Waals surface area contributed by atoms with Gasteiger partial charge in [0.15, 0.2) is 0 Å². The number of hydrogen-bond donors (Lipinski definition) is 1. The van der Waals surface area contributed by atoms with Gasteiger partial charge in [0, 0.05) is 25.2 Å². The van der Waals surface area contributed by atoms with Crippen LogP contribution in [-0.2, 0) is 16.0 Å². The maximum absolute atomic E-state index is 12.2. The summed E-state index contributed by atoms with van der Waals surface area (Å²) >= 11 is 0. The van der Waals surface area contributed by atoms with E-state index in [1.165, 1.54) is 5.56 Å². The van der Waals surface area contributed by atoms with E-state index < -0.39 is 0 Å². The van der Waals surface area contributed by atoms with E-state index in [4.69, 9.17) is 0 Å². The Labute approximate surface area is 126 Å². The Morgan fingerprint density at radius 1 is 1.29 bits per heavy atom. The molecule has 1 aromatic carbocycles. The molecule has 0 saturated carbocycles. The van der Waals surface area contributed by atoms with Gasteiger partial charge in [-0.25, -0.2) is 0 Å². The molecule has 1 aromatic rings. The van der Waals surface area contributed by atoms with Crippen LogP contribution in [0.1, 0.15) is 38.7 Å². The number of hydrogen-bond acceptors (Lipinski definition) is 2. The molecule has 2 rings (SSSR count). The number of carbonyl (C=O) groups excluding carboxylic acids is 2. The number of rotatable bonds is 6. The molecule has 1 saturated heterocycles. The van der Waals surface area contributed by atoms with Gasteiger partial charge in [0.1, 0.15) is 0 Å². The Kier molecular flexibility index (Phi) is 5.37. The fourth-order valence-electron chi connectivity index (χ4n) is 2.58. The first-order valence-electron chi connectivity index (χ1n) is 7.81. The number of benzene rings is 1. The van der Waals surface area contributed by atoms with Gasteiger partial charge in [-0.1, -0.05) is 32.4 Å². The van der Waals surface area contributed by atoms with Crippen molar-refractivity contribution in [3.05, 3.63) is 29.8 Å². The van der Waals surface area contributed by atoms with Crippen molar-refractivity contribution in [2.75, 3.05) is 18.4 Å². The lowest BCUT2D eigenvalue weighted by Gasteiger charge is -2.16. The van der Waals surface area contributed by atoms with Crippen LogP contribution in [0.4, 0.5) is 5.69 Å². The smallest absolute Gasteiger partial charge is 0.229 e. The lowest BCUT2D eigenvalue weighted by Crippen LogP contribution is -2.29. The second-order valence-corrected chi connectivity index (χ2v) is 5.63. The summed E-state index contributed by atoms with van der Waals surface area (Å²) in [6.07, 6.45) is 3.38. The Morgan fingerprint density at radius 3 is 2.62 bits per heavy atom. The van der Waals surface area contributed by atoms with Gasteiger partial charge in [-0.2, -0.15) is 0 Å². The summed E-state index contributed by atoms with van der Waals surface area (Å²) in [7, 11) is 0. The second kappa shape index (κ2) is 7.25. The Bertz CT molecular complexity index is 496. The monoisotopic (exact) mass is 288 g/mol. The third kappa shape index (κ3) is 4.06. The molecule has 1 aliphatic heterocycles. The van der Waals surface area contributed by atoms with Crippen LogP contribution in [0, 0.1) is 5.92 Å². The second-order valence-electron chi connectivity index (χ2n) is 5.63. The van der Waals surface area contributed by atoms with Gasteiger partial charge in [0.2, 0.25) is 11.8 Å². The van der Waals surface area contributed by atoms with Crippen molar-refractivity contribution in [1.29, 1.82) is 0 Å². The Hall–Kier alpha value is -1.84. The van der Waals surface area contributed by atoms with Crippen molar-refractivity contribution in [3.63, 3.8) is 0 Å². The van der Waals surface area contributed by atoms with Crippen LogP contribution >= 0.6 is 0 Å². The van der Waals surface area contributed by atoms with Crippen molar-refractivity contribution in [1.82, 2.24) is 4.90 Å². The number of nitrogens with one attached hydrogen (secondary N) is 1. The average molecular weight is 288 g/mol. The first-order chi connectivity index (χ1) is 10.1. The van der Waals surface area contributed by atoms with Crippen LogP contribution in [-0.4, -0.2) is 29.8 Å². The molecule has 1 atom stereocenters. The van der Waals surface area contributed by atoms with Crippen molar-refractivity contribution in [2.24, 2.45) is 5.92 Å². The van der Waals surface area contributed by atoms with Crippen LogP contribution in [0.2, 0.25) is 0 Å². The molecule has 114 valence electrons. The molecule has 0 aliphatic carbocycles. The van der Waals surface area contributed by atoms with Gasteiger partial charge >= 0.3 is 0 Å². The van der Waals surface area contributed by atoms with Crippen LogP contribution in [0.3, 0.4) is 0 Å². The lowest BCUT2D eigenvalue weighted by atomic mass is 10.1. The van der Waals surface area contributed by atoms with Gasteiger partial charge in [0.05, 0.1) is 5.92 Å². The van der Waals surface area contributed by atoms with E-state index in [9.17, 15) is 9.59 Å². The fraction of sp³-hybridized carbons (Fsp3) is 0.529. The van der Waals surface area contributed by atoms with Gasteiger partial charge < -0.3 is 10.2 Å². The van der Waals surface area contributed by atoms with Crippen LogP contribution in [0.15, 0.2) is 24.3 Å². The topological polar surface area (TPSA) is 49.4 Å². The average Bonchev–Trinajstić information content (AvgIpc) is 2.87. The first kappa shape index (κ1) is 15.5. The van der Waals surface area contributed by atoms with E-state index in [1.54, 1.807) is 0 Å². The number of unbranched alkanes of at least 4 members (excludes halogenated alkanes) is 1. The SMILES string of the molecule is CCCCN1C[C@@H](C(=O)Nc2ccc(CC)cc2)CC1=O. The fourth-order valence-corrected chi connectivity index (χ4v) is 2.58. The Morgan fingerprint density at radius 2 is 2.00 bits per heavy atom. The summed E-state index contributed by atoms with van der Waals surface area (Å²) in [6, 6.07) is 7.87. The molecule has 1 heterocycles.